The zero-order chi connectivity index (χ0) is 14.2. The lowest BCUT2D eigenvalue weighted by Crippen LogP contribution is -2.32. The Bertz CT molecular complexity index is 447. The predicted molar refractivity (Wildman–Crippen MR) is 70.8 cm³/mol. The number of hydrogen-bond acceptors (Lipinski definition) is 5. The summed E-state index contributed by atoms with van der Waals surface area (Å²) >= 11 is 0. The van der Waals surface area contributed by atoms with Crippen molar-refractivity contribution in [2.45, 2.75) is 50.8 Å². The highest BCUT2D eigenvalue weighted by atomic mass is 16.8. The Balaban J connectivity index is 1.65. The van der Waals surface area contributed by atoms with Crippen molar-refractivity contribution in [3.05, 3.63) is 35.9 Å². The van der Waals surface area contributed by atoms with Gasteiger partial charge in [0.1, 0.15) is 18.3 Å². The third-order valence-corrected chi connectivity index (χ3v) is 3.54. The molecule has 0 radical (unpaired) electrons. The zero-order valence-corrected chi connectivity index (χ0v) is 11.7. The maximum absolute atomic E-state index is 9.37. The van der Waals surface area contributed by atoms with Gasteiger partial charge in [-0.2, -0.15) is 0 Å². The van der Waals surface area contributed by atoms with Crippen LogP contribution < -0.4 is 0 Å². The summed E-state index contributed by atoms with van der Waals surface area (Å²) in [6.45, 7) is 4.05. The van der Waals surface area contributed by atoms with Gasteiger partial charge < -0.3 is 24.1 Å². The lowest BCUT2D eigenvalue weighted by molar-refractivity contribution is -0.239. The summed E-state index contributed by atoms with van der Waals surface area (Å²) in [7, 11) is 0. The molecule has 2 aliphatic rings. The molecule has 0 aromatic heterocycles. The second-order valence-electron chi connectivity index (χ2n) is 5.59. The van der Waals surface area contributed by atoms with Crippen LogP contribution in [0.1, 0.15) is 19.4 Å². The normalized spacial score (nSPS) is 35.1. The van der Waals surface area contributed by atoms with Gasteiger partial charge in [-0.15, -0.1) is 0 Å². The standard InChI is InChI=1S/C15H20O5/c1-15(2)19-12-11(8-16)18-14(13(12)20-15)17-9-10-6-4-3-5-7-10/h3-7,11-14,16H,8-9H2,1-2H3/t11-,12-,13-,14+/m1/s1. The number of aliphatic hydroxyl groups is 1. The van der Waals surface area contributed by atoms with Crippen LogP contribution in [0.2, 0.25) is 0 Å². The van der Waals surface area contributed by atoms with E-state index in [4.69, 9.17) is 18.9 Å². The van der Waals surface area contributed by atoms with Crippen molar-refractivity contribution in [2.24, 2.45) is 0 Å². The van der Waals surface area contributed by atoms with E-state index in [1.54, 1.807) is 0 Å². The molecule has 0 bridgehead atoms. The van der Waals surface area contributed by atoms with E-state index in [1.807, 2.05) is 44.2 Å². The number of benzene rings is 1. The van der Waals surface area contributed by atoms with Crippen molar-refractivity contribution in [2.75, 3.05) is 6.61 Å². The van der Waals surface area contributed by atoms with Gasteiger partial charge in [-0.25, -0.2) is 0 Å². The molecule has 0 spiro atoms. The van der Waals surface area contributed by atoms with E-state index in [1.165, 1.54) is 0 Å². The van der Waals surface area contributed by atoms with Crippen molar-refractivity contribution in [1.82, 2.24) is 0 Å². The minimum absolute atomic E-state index is 0.105. The van der Waals surface area contributed by atoms with Crippen LogP contribution in [-0.4, -0.2) is 42.1 Å². The molecule has 0 amide bonds. The summed E-state index contributed by atoms with van der Waals surface area (Å²) in [6, 6.07) is 9.87. The molecular weight excluding hydrogens is 260 g/mol. The molecule has 2 fully saturated rings. The van der Waals surface area contributed by atoms with Crippen LogP contribution in [0.5, 0.6) is 0 Å². The van der Waals surface area contributed by atoms with E-state index < -0.39 is 18.2 Å². The Morgan fingerprint density at radius 3 is 2.55 bits per heavy atom. The maximum Gasteiger partial charge on any atom is 0.187 e. The number of ether oxygens (including phenoxy) is 4. The molecule has 5 nitrogen and oxygen atoms in total. The van der Waals surface area contributed by atoms with Crippen molar-refractivity contribution < 1.29 is 24.1 Å². The average molecular weight is 280 g/mol. The lowest BCUT2D eigenvalue weighted by atomic mass is 10.1. The smallest absolute Gasteiger partial charge is 0.187 e. The highest BCUT2D eigenvalue weighted by Gasteiger charge is 2.55. The summed E-state index contributed by atoms with van der Waals surface area (Å²) in [5.41, 5.74) is 1.07. The molecule has 3 rings (SSSR count). The number of rotatable bonds is 4. The third kappa shape index (κ3) is 2.73. The second kappa shape index (κ2) is 5.42. The van der Waals surface area contributed by atoms with Gasteiger partial charge >= 0.3 is 0 Å². The fourth-order valence-corrected chi connectivity index (χ4v) is 2.68. The number of aliphatic hydroxyl groups excluding tert-OH is 1. The topological polar surface area (TPSA) is 57.2 Å². The second-order valence-corrected chi connectivity index (χ2v) is 5.59. The first-order valence-corrected chi connectivity index (χ1v) is 6.86. The van der Waals surface area contributed by atoms with E-state index in [0.29, 0.717) is 6.61 Å². The molecule has 0 unspecified atom stereocenters. The van der Waals surface area contributed by atoms with Gasteiger partial charge in [0.05, 0.1) is 13.2 Å². The molecule has 2 saturated heterocycles. The van der Waals surface area contributed by atoms with Crippen LogP contribution in [0.25, 0.3) is 0 Å². The Labute approximate surface area is 118 Å². The van der Waals surface area contributed by atoms with E-state index >= 15 is 0 Å². The third-order valence-electron chi connectivity index (χ3n) is 3.54. The highest BCUT2D eigenvalue weighted by Crippen LogP contribution is 2.39. The first-order valence-electron chi connectivity index (χ1n) is 6.86. The van der Waals surface area contributed by atoms with E-state index in [9.17, 15) is 5.11 Å². The van der Waals surface area contributed by atoms with Gasteiger partial charge in [0.15, 0.2) is 12.1 Å². The molecule has 5 heteroatoms. The largest absolute Gasteiger partial charge is 0.394 e. The summed E-state index contributed by atoms with van der Waals surface area (Å²) in [5, 5.41) is 9.37. The van der Waals surface area contributed by atoms with Crippen molar-refractivity contribution in [3.8, 4) is 0 Å². The van der Waals surface area contributed by atoms with Gasteiger partial charge in [-0.1, -0.05) is 30.3 Å². The number of fused-ring (bicyclic) bond motifs is 1. The van der Waals surface area contributed by atoms with E-state index in [2.05, 4.69) is 0 Å². The van der Waals surface area contributed by atoms with Gasteiger partial charge in [0, 0.05) is 0 Å². The summed E-state index contributed by atoms with van der Waals surface area (Å²) in [6.07, 6.45) is -1.50. The highest BCUT2D eigenvalue weighted by molar-refractivity contribution is 5.13. The van der Waals surface area contributed by atoms with Crippen molar-refractivity contribution in [1.29, 1.82) is 0 Å². The summed E-state index contributed by atoms with van der Waals surface area (Å²) in [4.78, 5) is 0. The SMILES string of the molecule is CC1(C)O[C@H]2[C@@H](OCc3ccccc3)O[C@H](CO)[C@H]2O1. The first-order chi connectivity index (χ1) is 9.59. The Kier molecular flexibility index (Phi) is 3.79. The van der Waals surface area contributed by atoms with Gasteiger partial charge in [0.25, 0.3) is 0 Å². The minimum atomic E-state index is -0.666. The predicted octanol–water partition coefficient (Wildman–Crippen LogP) is 1.44. The molecule has 2 aliphatic heterocycles. The molecule has 1 aromatic carbocycles. The Morgan fingerprint density at radius 2 is 1.85 bits per heavy atom. The fraction of sp³-hybridized carbons (Fsp3) is 0.600. The summed E-state index contributed by atoms with van der Waals surface area (Å²) in [5.74, 6) is -0.666. The summed E-state index contributed by atoms with van der Waals surface area (Å²) < 4.78 is 23.1. The molecule has 110 valence electrons. The molecule has 20 heavy (non-hydrogen) atoms. The van der Waals surface area contributed by atoms with E-state index in [0.717, 1.165) is 5.56 Å². The molecule has 0 saturated carbocycles. The Morgan fingerprint density at radius 1 is 1.15 bits per heavy atom. The van der Waals surface area contributed by atoms with Crippen LogP contribution in [-0.2, 0) is 25.6 Å². The van der Waals surface area contributed by atoms with Crippen LogP contribution in [0.15, 0.2) is 30.3 Å². The molecular formula is C15H20O5. The van der Waals surface area contributed by atoms with Crippen LogP contribution >= 0.6 is 0 Å². The van der Waals surface area contributed by atoms with E-state index in [-0.39, 0.29) is 18.8 Å². The monoisotopic (exact) mass is 280 g/mol. The Hall–Kier alpha value is -0.980. The van der Waals surface area contributed by atoms with Crippen molar-refractivity contribution >= 4 is 0 Å². The van der Waals surface area contributed by atoms with Gasteiger partial charge in [-0.3, -0.25) is 0 Å². The van der Waals surface area contributed by atoms with Crippen molar-refractivity contribution in [3.63, 3.8) is 0 Å². The zero-order valence-electron chi connectivity index (χ0n) is 11.7. The first kappa shape index (κ1) is 14.0. The average Bonchev–Trinajstić information content (AvgIpc) is 2.91. The molecule has 0 aliphatic carbocycles. The molecule has 1 aromatic rings. The van der Waals surface area contributed by atoms with Gasteiger partial charge in [0.2, 0.25) is 0 Å². The lowest BCUT2D eigenvalue weighted by Gasteiger charge is -2.23. The van der Waals surface area contributed by atoms with Crippen LogP contribution in [0.4, 0.5) is 0 Å². The van der Waals surface area contributed by atoms with Gasteiger partial charge in [-0.05, 0) is 19.4 Å². The fourth-order valence-electron chi connectivity index (χ4n) is 2.68. The molecule has 1 N–H and O–H groups in total. The van der Waals surface area contributed by atoms with Crippen LogP contribution in [0.3, 0.4) is 0 Å². The molecule has 2 heterocycles. The molecule has 4 atom stereocenters. The number of hydrogen-bond donors (Lipinski definition) is 1. The minimum Gasteiger partial charge on any atom is -0.394 e. The maximum atomic E-state index is 9.37. The quantitative estimate of drug-likeness (QED) is 0.904. The van der Waals surface area contributed by atoms with Crippen LogP contribution in [0, 0.1) is 0 Å².